The van der Waals surface area contributed by atoms with Crippen LogP contribution in [0.5, 0.6) is 5.75 Å². The maximum atomic E-state index is 11.5. The standard InChI is InChI=1S/C15H17NO3/c1-4-19-14(17)9-12-8-11-6-5-7-13(18-3)15(11)16-10(12)2/h5-8H,4,9H2,1-3H3. The van der Waals surface area contributed by atoms with Gasteiger partial charge < -0.3 is 9.47 Å². The number of fused-ring (bicyclic) bond motifs is 1. The van der Waals surface area contributed by atoms with E-state index in [1.54, 1.807) is 14.0 Å². The molecule has 2 aromatic rings. The van der Waals surface area contributed by atoms with E-state index in [4.69, 9.17) is 9.47 Å². The summed E-state index contributed by atoms with van der Waals surface area (Å²) in [7, 11) is 1.62. The summed E-state index contributed by atoms with van der Waals surface area (Å²) >= 11 is 0. The zero-order valence-corrected chi connectivity index (χ0v) is 11.4. The molecule has 0 unspecified atom stereocenters. The predicted molar refractivity (Wildman–Crippen MR) is 73.4 cm³/mol. The van der Waals surface area contributed by atoms with E-state index < -0.39 is 0 Å². The maximum absolute atomic E-state index is 11.5. The van der Waals surface area contributed by atoms with Crippen molar-refractivity contribution in [3.8, 4) is 5.75 Å². The number of esters is 1. The summed E-state index contributed by atoms with van der Waals surface area (Å²) in [6, 6.07) is 7.71. The molecule has 0 saturated carbocycles. The Hall–Kier alpha value is -2.10. The van der Waals surface area contributed by atoms with Crippen LogP contribution in [0.4, 0.5) is 0 Å². The van der Waals surface area contributed by atoms with Gasteiger partial charge in [-0.3, -0.25) is 4.79 Å². The lowest BCUT2D eigenvalue weighted by atomic mass is 10.1. The third kappa shape index (κ3) is 2.84. The van der Waals surface area contributed by atoms with Crippen molar-refractivity contribution < 1.29 is 14.3 Å². The van der Waals surface area contributed by atoms with Crippen LogP contribution in [0.15, 0.2) is 24.3 Å². The van der Waals surface area contributed by atoms with Gasteiger partial charge >= 0.3 is 5.97 Å². The highest BCUT2D eigenvalue weighted by atomic mass is 16.5. The number of ether oxygens (including phenoxy) is 2. The molecule has 0 N–H and O–H groups in total. The van der Waals surface area contributed by atoms with Gasteiger partial charge in [0.2, 0.25) is 0 Å². The molecule has 4 heteroatoms. The first-order valence-corrected chi connectivity index (χ1v) is 6.24. The molecule has 2 rings (SSSR count). The lowest BCUT2D eigenvalue weighted by Crippen LogP contribution is -2.09. The molecule has 19 heavy (non-hydrogen) atoms. The molecule has 0 fully saturated rings. The molecule has 1 heterocycles. The van der Waals surface area contributed by atoms with Crippen LogP contribution in [0.3, 0.4) is 0 Å². The molecule has 0 radical (unpaired) electrons. The Labute approximate surface area is 112 Å². The van der Waals surface area contributed by atoms with Crippen LogP contribution in [0.2, 0.25) is 0 Å². The first-order valence-electron chi connectivity index (χ1n) is 6.24. The molecule has 1 aromatic heterocycles. The molecular formula is C15H17NO3. The minimum atomic E-state index is -0.227. The second-order valence-electron chi connectivity index (χ2n) is 4.25. The van der Waals surface area contributed by atoms with E-state index in [1.807, 2.05) is 31.2 Å². The Bertz CT molecular complexity index is 608. The third-order valence-electron chi connectivity index (χ3n) is 2.96. The maximum Gasteiger partial charge on any atom is 0.310 e. The van der Waals surface area contributed by atoms with E-state index in [0.29, 0.717) is 6.61 Å². The molecule has 0 atom stereocenters. The number of para-hydroxylation sites is 1. The quantitative estimate of drug-likeness (QED) is 0.792. The van der Waals surface area contributed by atoms with Crippen molar-refractivity contribution in [3.05, 3.63) is 35.5 Å². The van der Waals surface area contributed by atoms with Crippen LogP contribution in [-0.2, 0) is 16.0 Å². The van der Waals surface area contributed by atoms with Gasteiger partial charge in [0.1, 0.15) is 11.3 Å². The van der Waals surface area contributed by atoms with Gasteiger partial charge in [0.25, 0.3) is 0 Å². The van der Waals surface area contributed by atoms with Crippen molar-refractivity contribution in [3.63, 3.8) is 0 Å². The number of hydrogen-bond acceptors (Lipinski definition) is 4. The topological polar surface area (TPSA) is 48.4 Å². The normalized spacial score (nSPS) is 10.5. The highest BCUT2D eigenvalue weighted by molar-refractivity contribution is 5.86. The molecule has 0 spiro atoms. The van der Waals surface area contributed by atoms with Gasteiger partial charge in [-0.05, 0) is 31.5 Å². The SMILES string of the molecule is CCOC(=O)Cc1cc2cccc(OC)c2nc1C. The van der Waals surface area contributed by atoms with Gasteiger partial charge in [0.05, 0.1) is 20.1 Å². The van der Waals surface area contributed by atoms with Crippen molar-refractivity contribution >= 4 is 16.9 Å². The van der Waals surface area contributed by atoms with Crippen LogP contribution in [0.25, 0.3) is 10.9 Å². The monoisotopic (exact) mass is 259 g/mol. The Morgan fingerprint density at radius 1 is 1.37 bits per heavy atom. The van der Waals surface area contributed by atoms with E-state index in [0.717, 1.165) is 27.9 Å². The van der Waals surface area contributed by atoms with E-state index in [2.05, 4.69) is 4.98 Å². The van der Waals surface area contributed by atoms with Crippen molar-refractivity contribution in [2.75, 3.05) is 13.7 Å². The lowest BCUT2D eigenvalue weighted by molar-refractivity contribution is -0.142. The van der Waals surface area contributed by atoms with E-state index in [-0.39, 0.29) is 12.4 Å². The number of aryl methyl sites for hydroxylation is 1. The molecule has 1 aromatic carbocycles. The van der Waals surface area contributed by atoms with E-state index in [9.17, 15) is 4.79 Å². The smallest absolute Gasteiger partial charge is 0.310 e. The van der Waals surface area contributed by atoms with E-state index in [1.165, 1.54) is 0 Å². The van der Waals surface area contributed by atoms with Gasteiger partial charge in [-0.25, -0.2) is 4.98 Å². The first kappa shape index (κ1) is 13.3. The van der Waals surface area contributed by atoms with Crippen LogP contribution in [-0.4, -0.2) is 24.7 Å². The number of aromatic nitrogens is 1. The summed E-state index contributed by atoms with van der Waals surface area (Å²) in [6.45, 7) is 4.08. The number of pyridine rings is 1. The van der Waals surface area contributed by atoms with Crippen molar-refractivity contribution in [2.45, 2.75) is 20.3 Å². The highest BCUT2D eigenvalue weighted by Gasteiger charge is 2.11. The average Bonchev–Trinajstić information content (AvgIpc) is 2.39. The zero-order valence-electron chi connectivity index (χ0n) is 11.4. The molecule has 0 aliphatic carbocycles. The van der Waals surface area contributed by atoms with Gasteiger partial charge in [0.15, 0.2) is 0 Å². The second kappa shape index (κ2) is 5.69. The highest BCUT2D eigenvalue weighted by Crippen LogP contribution is 2.25. The van der Waals surface area contributed by atoms with Crippen LogP contribution in [0, 0.1) is 6.92 Å². The number of methoxy groups -OCH3 is 1. The molecule has 0 bridgehead atoms. The minimum absolute atomic E-state index is 0.227. The fraction of sp³-hybridized carbons (Fsp3) is 0.333. The Morgan fingerprint density at radius 2 is 2.16 bits per heavy atom. The fourth-order valence-electron chi connectivity index (χ4n) is 2.02. The van der Waals surface area contributed by atoms with Crippen molar-refractivity contribution in [2.24, 2.45) is 0 Å². The molecule has 4 nitrogen and oxygen atoms in total. The van der Waals surface area contributed by atoms with E-state index >= 15 is 0 Å². The Kier molecular flexibility index (Phi) is 4.00. The average molecular weight is 259 g/mol. The van der Waals surface area contributed by atoms with Crippen LogP contribution in [0.1, 0.15) is 18.2 Å². The predicted octanol–water partition coefficient (Wildman–Crippen LogP) is 2.66. The zero-order chi connectivity index (χ0) is 13.8. The van der Waals surface area contributed by atoms with Gasteiger partial charge in [-0.1, -0.05) is 12.1 Å². The first-order chi connectivity index (χ1) is 9.15. The summed E-state index contributed by atoms with van der Waals surface area (Å²) in [5.41, 5.74) is 2.53. The number of carbonyl (C=O) groups excluding carboxylic acids is 1. The van der Waals surface area contributed by atoms with Gasteiger partial charge in [0, 0.05) is 11.1 Å². The minimum Gasteiger partial charge on any atom is -0.494 e. The summed E-state index contributed by atoms with van der Waals surface area (Å²) in [6.07, 6.45) is 0.250. The van der Waals surface area contributed by atoms with Gasteiger partial charge in [-0.15, -0.1) is 0 Å². The number of hydrogen-bond donors (Lipinski definition) is 0. The van der Waals surface area contributed by atoms with Gasteiger partial charge in [-0.2, -0.15) is 0 Å². The van der Waals surface area contributed by atoms with Crippen LogP contribution < -0.4 is 4.74 Å². The number of benzene rings is 1. The summed E-state index contributed by atoms with van der Waals surface area (Å²) in [5, 5.41) is 0.962. The Balaban J connectivity index is 2.42. The third-order valence-corrected chi connectivity index (χ3v) is 2.96. The van der Waals surface area contributed by atoms with Crippen molar-refractivity contribution in [1.82, 2.24) is 4.98 Å². The lowest BCUT2D eigenvalue weighted by Gasteiger charge is -2.09. The Morgan fingerprint density at radius 3 is 2.84 bits per heavy atom. The molecule has 0 aliphatic rings. The number of carbonyl (C=O) groups is 1. The second-order valence-corrected chi connectivity index (χ2v) is 4.25. The summed E-state index contributed by atoms with van der Waals surface area (Å²) < 4.78 is 10.3. The molecule has 0 amide bonds. The van der Waals surface area contributed by atoms with Crippen LogP contribution >= 0.6 is 0 Å². The molecule has 0 saturated heterocycles. The molecule has 100 valence electrons. The number of rotatable bonds is 4. The summed E-state index contributed by atoms with van der Waals surface area (Å²) in [5.74, 6) is 0.512. The fourth-order valence-corrected chi connectivity index (χ4v) is 2.02. The molecule has 0 aliphatic heterocycles. The largest absolute Gasteiger partial charge is 0.494 e. The number of nitrogens with zero attached hydrogens (tertiary/aromatic N) is 1. The summed E-state index contributed by atoms with van der Waals surface area (Å²) in [4.78, 5) is 16.1. The molecular weight excluding hydrogens is 242 g/mol. The van der Waals surface area contributed by atoms with Crippen molar-refractivity contribution in [1.29, 1.82) is 0 Å².